The molecule has 5 heteroatoms. The molecule has 0 radical (unpaired) electrons. The fraction of sp³-hybridized carbons (Fsp3) is 0.222. The molecule has 2 rings (SSSR count). The van der Waals surface area contributed by atoms with Gasteiger partial charge in [0, 0.05) is 9.86 Å². The standard InChI is InChI=1S/C9H7BrF2N2/c1-4-2-5-7(3-6(4)10)13-14-8(5)9(11)12/h2-3,9H,1H3,(H,13,14). The van der Waals surface area contributed by atoms with Crippen LogP contribution in [0.25, 0.3) is 10.9 Å². The minimum atomic E-state index is -2.51. The van der Waals surface area contributed by atoms with Gasteiger partial charge in [-0.2, -0.15) is 5.10 Å². The van der Waals surface area contributed by atoms with Crippen LogP contribution < -0.4 is 0 Å². The van der Waals surface area contributed by atoms with Gasteiger partial charge < -0.3 is 0 Å². The van der Waals surface area contributed by atoms with E-state index in [1.54, 1.807) is 12.1 Å². The number of benzene rings is 1. The molecule has 0 fully saturated rings. The molecule has 0 saturated carbocycles. The van der Waals surface area contributed by atoms with Gasteiger partial charge in [0.2, 0.25) is 0 Å². The van der Waals surface area contributed by atoms with Crippen molar-refractivity contribution in [3.8, 4) is 0 Å². The van der Waals surface area contributed by atoms with Gasteiger partial charge in [-0.1, -0.05) is 15.9 Å². The predicted molar refractivity (Wildman–Crippen MR) is 53.5 cm³/mol. The number of nitrogens with zero attached hydrogens (tertiary/aromatic N) is 1. The van der Waals surface area contributed by atoms with Gasteiger partial charge in [-0.3, -0.25) is 5.10 Å². The lowest BCUT2D eigenvalue weighted by Gasteiger charge is -1.99. The van der Waals surface area contributed by atoms with Crippen LogP contribution in [0, 0.1) is 6.92 Å². The lowest BCUT2D eigenvalue weighted by molar-refractivity contribution is 0.147. The highest BCUT2D eigenvalue weighted by molar-refractivity contribution is 9.10. The van der Waals surface area contributed by atoms with Gasteiger partial charge >= 0.3 is 0 Å². The topological polar surface area (TPSA) is 28.7 Å². The van der Waals surface area contributed by atoms with Crippen LogP contribution in [0.2, 0.25) is 0 Å². The number of alkyl halides is 2. The molecule has 2 aromatic rings. The van der Waals surface area contributed by atoms with E-state index in [4.69, 9.17) is 0 Å². The predicted octanol–water partition coefficient (Wildman–Crippen LogP) is 3.57. The number of aromatic nitrogens is 2. The van der Waals surface area contributed by atoms with Crippen molar-refractivity contribution < 1.29 is 8.78 Å². The fourth-order valence-corrected chi connectivity index (χ4v) is 1.66. The maximum absolute atomic E-state index is 12.5. The number of aromatic amines is 1. The van der Waals surface area contributed by atoms with Crippen molar-refractivity contribution in [3.05, 3.63) is 27.9 Å². The van der Waals surface area contributed by atoms with Crippen molar-refractivity contribution in [2.75, 3.05) is 0 Å². The molecule has 2 nitrogen and oxygen atoms in total. The van der Waals surface area contributed by atoms with Crippen molar-refractivity contribution in [1.82, 2.24) is 10.2 Å². The number of fused-ring (bicyclic) bond motifs is 1. The van der Waals surface area contributed by atoms with Gasteiger partial charge in [0.05, 0.1) is 5.52 Å². The summed E-state index contributed by atoms with van der Waals surface area (Å²) in [6, 6.07) is 3.43. The highest BCUT2D eigenvalue weighted by atomic mass is 79.9. The van der Waals surface area contributed by atoms with Crippen molar-refractivity contribution in [2.24, 2.45) is 0 Å². The number of hydrogen-bond donors (Lipinski definition) is 1. The van der Waals surface area contributed by atoms with Crippen molar-refractivity contribution >= 4 is 26.8 Å². The van der Waals surface area contributed by atoms with E-state index in [2.05, 4.69) is 26.1 Å². The summed E-state index contributed by atoms with van der Waals surface area (Å²) in [4.78, 5) is 0. The maximum Gasteiger partial charge on any atom is 0.280 e. The first-order valence-electron chi connectivity index (χ1n) is 4.02. The first-order valence-corrected chi connectivity index (χ1v) is 4.81. The van der Waals surface area contributed by atoms with Crippen LogP contribution in [0.1, 0.15) is 17.7 Å². The van der Waals surface area contributed by atoms with E-state index in [0.29, 0.717) is 10.9 Å². The summed E-state index contributed by atoms with van der Waals surface area (Å²) in [7, 11) is 0. The van der Waals surface area contributed by atoms with Crippen LogP contribution >= 0.6 is 15.9 Å². The minimum absolute atomic E-state index is 0.115. The van der Waals surface area contributed by atoms with Crippen LogP contribution in [-0.2, 0) is 0 Å². The summed E-state index contributed by atoms with van der Waals surface area (Å²) >= 11 is 3.32. The van der Waals surface area contributed by atoms with Crippen LogP contribution in [-0.4, -0.2) is 10.2 Å². The molecule has 1 heterocycles. The second-order valence-electron chi connectivity index (χ2n) is 3.06. The molecule has 1 N–H and O–H groups in total. The lowest BCUT2D eigenvalue weighted by Crippen LogP contribution is -1.84. The van der Waals surface area contributed by atoms with Crippen LogP contribution in [0.15, 0.2) is 16.6 Å². The largest absolute Gasteiger partial charge is 0.280 e. The third-order valence-electron chi connectivity index (χ3n) is 2.08. The second-order valence-corrected chi connectivity index (χ2v) is 3.91. The molecule has 0 aliphatic carbocycles. The summed E-state index contributed by atoms with van der Waals surface area (Å²) in [5.74, 6) is 0. The molecule has 0 aliphatic rings. The highest BCUT2D eigenvalue weighted by Crippen LogP contribution is 2.29. The molecule has 1 aromatic carbocycles. The zero-order chi connectivity index (χ0) is 10.3. The molecule has 0 aliphatic heterocycles. The maximum atomic E-state index is 12.5. The summed E-state index contributed by atoms with van der Waals surface area (Å²) < 4.78 is 25.8. The Morgan fingerprint density at radius 3 is 2.79 bits per heavy atom. The zero-order valence-electron chi connectivity index (χ0n) is 7.31. The molecule has 0 atom stereocenters. The smallest absolute Gasteiger partial charge is 0.276 e. The summed E-state index contributed by atoms with van der Waals surface area (Å²) in [6.45, 7) is 1.85. The third-order valence-corrected chi connectivity index (χ3v) is 2.94. The van der Waals surface area contributed by atoms with Gasteiger partial charge in [-0.05, 0) is 24.6 Å². The van der Waals surface area contributed by atoms with Crippen LogP contribution in [0.5, 0.6) is 0 Å². The normalized spacial score (nSPS) is 11.5. The summed E-state index contributed by atoms with van der Waals surface area (Å²) in [5.41, 5.74) is 1.36. The number of hydrogen-bond acceptors (Lipinski definition) is 1. The van der Waals surface area contributed by atoms with E-state index in [1.165, 1.54) is 0 Å². The molecular weight excluding hydrogens is 254 g/mol. The average Bonchev–Trinajstić information content (AvgIpc) is 2.48. The number of aryl methyl sites for hydroxylation is 1. The minimum Gasteiger partial charge on any atom is -0.276 e. The molecule has 0 amide bonds. The van der Waals surface area contributed by atoms with E-state index in [-0.39, 0.29) is 5.69 Å². The number of H-pyrrole nitrogens is 1. The molecule has 0 spiro atoms. The molecule has 0 unspecified atom stereocenters. The fourth-order valence-electron chi connectivity index (χ4n) is 1.33. The SMILES string of the molecule is Cc1cc2c(C(F)F)[nH]nc2cc1Br. The van der Waals surface area contributed by atoms with E-state index in [9.17, 15) is 8.78 Å². The van der Waals surface area contributed by atoms with E-state index in [1.807, 2.05) is 6.92 Å². The van der Waals surface area contributed by atoms with Gasteiger partial charge in [0.25, 0.3) is 6.43 Å². The lowest BCUT2D eigenvalue weighted by atomic mass is 10.1. The zero-order valence-corrected chi connectivity index (χ0v) is 8.90. The van der Waals surface area contributed by atoms with Crippen LogP contribution in [0.3, 0.4) is 0 Å². The summed E-state index contributed by atoms with van der Waals surface area (Å²) in [6.07, 6.45) is -2.51. The Balaban J connectivity index is 2.74. The van der Waals surface area contributed by atoms with Crippen molar-refractivity contribution in [1.29, 1.82) is 0 Å². The van der Waals surface area contributed by atoms with E-state index < -0.39 is 6.43 Å². The van der Waals surface area contributed by atoms with Gasteiger partial charge in [-0.25, -0.2) is 8.78 Å². The molecule has 14 heavy (non-hydrogen) atoms. The first-order chi connectivity index (χ1) is 6.59. The number of rotatable bonds is 1. The Morgan fingerprint density at radius 1 is 1.43 bits per heavy atom. The van der Waals surface area contributed by atoms with Crippen molar-refractivity contribution in [3.63, 3.8) is 0 Å². The molecule has 74 valence electrons. The van der Waals surface area contributed by atoms with Gasteiger partial charge in [0.1, 0.15) is 5.69 Å². The first kappa shape index (κ1) is 9.58. The summed E-state index contributed by atoms with van der Waals surface area (Å²) in [5, 5.41) is 6.64. The van der Waals surface area contributed by atoms with E-state index >= 15 is 0 Å². The van der Waals surface area contributed by atoms with E-state index in [0.717, 1.165) is 10.0 Å². The Hall–Kier alpha value is -0.970. The third kappa shape index (κ3) is 1.41. The monoisotopic (exact) mass is 260 g/mol. The quantitative estimate of drug-likeness (QED) is 0.835. The molecular formula is C9H7BrF2N2. The second kappa shape index (κ2) is 3.31. The van der Waals surface area contributed by atoms with Gasteiger partial charge in [0.15, 0.2) is 0 Å². The molecule has 0 bridgehead atoms. The van der Waals surface area contributed by atoms with Crippen LogP contribution in [0.4, 0.5) is 8.78 Å². The average molecular weight is 261 g/mol. The number of nitrogens with one attached hydrogen (secondary N) is 1. The highest BCUT2D eigenvalue weighted by Gasteiger charge is 2.15. The Kier molecular flexibility index (Phi) is 2.26. The Morgan fingerprint density at radius 2 is 2.14 bits per heavy atom. The molecule has 0 saturated heterocycles. The number of halogens is 3. The van der Waals surface area contributed by atoms with Gasteiger partial charge in [-0.15, -0.1) is 0 Å². The molecule has 1 aromatic heterocycles. The van der Waals surface area contributed by atoms with Crippen molar-refractivity contribution in [2.45, 2.75) is 13.3 Å². The Labute approximate surface area is 87.4 Å². The Bertz CT molecular complexity index is 479.